The van der Waals surface area contributed by atoms with E-state index in [1.807, 2.05) is 25.1 Å². The van der Waals surface area contributed by atoms with E-state index in [2.05, 4.69) is 33.0 Å². The minimum atomic E-state index is -0.118. The molecule has 4 nitrogen and oxygen atoms in total. The first-order chi connectivity index (χ1) is 9.11. The van der Waals surface area contributed by atoms with Crippen LogP contribution in [0.3, 0.4) is 0 Å². The van der Waals surface area contributed by atoms with Gasteiger partial charge in [-0.2, -0.15) is 5.10 Å². The van der Waals surface area contributed by atoms with Gasteiger partial charge in [-0.15, -0.1) is 0 Å². The van der Waals surface area contributed by atoms with Crippen LogP contribution >= 0.6 is 34.2 Å². The van der Waals surface area contributed by atoms with Gasteiger partial charge in [-0.25, -0.2) is 0 Å². The first kappa shape index (κ1) is 14.3. The molecule has 1 amide bonds. The number of halogens is 2. The van der Waals surface area contributed by atoms with E-state index in [0.29, 0.717) is 22.8 Å². The summed E-state index contributed by atoms with van der Waals surface area (Å²) in [7, 11) is 0. The van der Waals surface area contributed by atoms with Gasteiger partial charge in [0, 0.05) is 16.3 Å². The molecule has 0 saturated heterocycles. The van der Waals surface area contributed by atoms with Gasteiger partial charge in [0.1, 0.15) is 5.69 Å². The normalized spacial score (nSPS) is 10.5. The Balaban J connectivity index is 2.04. The van der Waals surface area contributed by atoms with Crippen molar-refractivity contribution < 1.29 is 4.79 Å². The molecule has 19 heavy (non-hydrogen) atoms. The Morgan fingerprint density at radius 1 is 1.47 bits per heavy atom. The van der Waals surface area contributed by atoms with E-state index in [-0.39, 0.29) is 5.91 Å². The quantitative estimate of drug-likeness (QED) is 0.817. The molecule has 0 fully saturated rings. The third-order valence-electron chi connectivity index (χ3n) is 2.65. The molecule has 0 saturated carbocycles. The Morgan fingerprint density at radius 2 is 2.21 bits per heavy atom. The van der Waals surface area contributed by atoms with Gasteiger partial charge in [0.15, 0.2) is 0 Å². The number of carbonyl (C=O) groups is 1. The Labute approximate surface area is 130 Å². The lowest BCUT2D eigenvalue weighted by atomic mass is 10.2. The molecule has 0 atom stereocenters. The van der Waals surface area contributed by atoms with Crippen molar-refractivity contribution in [1.29, 1.82) is 0 Å². The van der Waals surface area contributed by atoms with Crippen LogP contribution in [0.25, 0.3) is 0 Å². The molecule has 100 valence electrons. The van der Waals surface area contributed by atoms with Crippen molar-refractivity contribution in [2.75, 3.05) is 0 Å². The maximum absolute atomic E-state index is 12.0. The molecule has 0 bridgehead atoms. The third kappa shape index (κ3) is 3.48. The molecule has 1 N–H and O–H groups in total. The highest BCUT2D eigenvalue weighted by molar-refractivity contribution is 14.1. The summed E-state index contributed by atoms with van der Waals surface area (Å²) in [5, 5.41) is 7.69. The fourth-order valence-electron chi connectivity index (χ4n) is 1.62. The van der Waals surface area contributed by atoms with E-state index in [1.165, 1.54) is 0 Å². The molecule has 0 aliphatic heterocycles. The standard InChI is InChI=1S/C13H13ClIN3O/c1-2-18-8-10(14)12(17-18)7-16-13(19)9-5-3-4-6-11(9)15/h3-6,8H,2,7H2,1H3,(H,16,19). The Bertz CT molecular complexity index is 597. The zero-order valence-corrected chi connectivity index (χ0v) is 13.3. The predicted molar refractivity (Wildman–Crippen MR) is 83.2 cm³/mol. The number of nitrogens with one attached hydrogen (secondary N) is 1. The van der Waals surface area contributed by atoms with Crippen molar-refractivity contribution in [2.45, 2.75) is 20.0 Å². The number of benzene rings is 1. The van der Waals surface area contributed by atoms with E-state index >= 15 is 0 Å². The summed E-state index contributed by atoms with van der Waals surface area (Å²) in [5.41, 5.74) is 1.34. The van der Waals surface area contributed by atoms with Crippen molar-refractivity contribution in [1.82, 2.24) is 15.1 Å². The number of nitrogens with zero attached hydrogens (tertiary/aromatic N) is 2. The molecule has 6 heteroatoms. The lowest BCUT2D eigenvalue weighted by molar-refractivity contribution is 0.0949. The van der Waals surface area contributed by atoms with E-state index in [1.54, 1.807) is 16.9 Å². The van der Waals surface area contributed by atoms with Crippen LogP contribution in [0.2, 0.25) is 5.02 Å². The van der Waals surface area contributed by atoms with Crippen molar-refractivity contribution in [3.63, 3.8) is 0 Å². The number of amides is 1. The van der Waals surface area contributed by atoms with Gasteiger partial charge in [0.05, 0.1) is 17.1 Å². The van der Waals surface area contributed by atoms with Gasteiger partial charge in [0.2, 0.25) is 0 Å². The van der Waals surface area contributed by atoms with Crippen molar-refractivity contribution in [3.05, 3.63) is 50.3 Å². The van der Waals surface area contributed by atoms with Crippen LogP contribution in [0.5, 0.6) is 0 Å². The second kappa shape index (κ2) is 6.38. The molecule has 2 aromatic rings. The average Bonchev–Trinajstić information content (AvgIpc) is 2.77. The molecule has 0 radical (unpaired) electrons. The van der Waals surface area contributed by atoms with Crippen LogP contribution in [0.1, 0.15) is 23.0 Å². The fraction of sp³-hybridized carbons (Fsp3) is 0.231. The summed E-state index contributed by atoms with van der Waals surface area (Å²) in [6.07, 6.45) is 1.76. The predicted octanol–water partition coefficient (Wildman–Crippen LogP) is 3.09. The van der Waals surface area contributed by atoms with Crippen LogP contribution in [-0.4, -0.2) is 15.7 Å². The smallest absolute Gasteiger partial charge is 0.252 e. The van der Waals surface area contributed by atoms with Crippen LogP contribution in [-0.2, 0) is 13.1 Å². The molecule has 0 spiro atoms. The van der Waals surface area contributed by atoms with Crippen molar-refractivity contribution in [2.24, 2.45) is 0 Å². The molecule has 1 aromatic carbocycles. The fourth-order valence-corrected chi connectivity index (χ4v) is 2.47. The lowest BCUT2D eigenvalue weighted by Gasteiger charge is -2.05. The number of carbonyl (C=O) groups excluding carboxylic acids is 1. The van der Waals surface area contributed by atoms with Gasteiger partial charge in [-0.1, -0.05) is 23.7 Å². The summed E-state index contributed by atoms with van der Waals surface area (Å²) in [5.74, 6) is -0.118. The highest BCUT2D eigenvalue weighted by Gasteiger charge is 2.11. The first-order valence-electron chi connectivity index (χ1n) is 5.86. The Hall–Kier alpha value is -1.08. The summed E-state index contributed by atoms with van der Waals surface area (Å²) in [4.78, 5) is 12.0. The Morgan fingerprint density at radius 3 is 2.84 bits per heavy atom. The zero-order chi connectivity index (χ0) is 13.8. The van der Waals surface area contributed by atoms with Gasteiger partial charge < -0.3 is 5.32 Å². The second-order valence-corrected chi connectivity index (χ2v) is 5.51. The summed E-state index contributed by atoms with van der Waals surface area (Å²) in [6, 6.07) is 7.44. The lowest BCUT2D eigenvalue weighted by Crippen LogP contribution is -2.24. The van der Waals surface area contributed by atoms with E-state index in [9.17, 15) is 4.79 Å². The second-order valence-electron chi connectivity index (χ2n) is 3.94. The van der Waals surface area contributed by atoms with Gasteiger partial charge in [-0.05, 0) is 41.6 Å². The SMILES string of the molecule is CCn1cc(Cl)c(CNC(=O)c2ccccc2I)n1. The topological polar surface area (TPSA) is 46.9 Å². The molecule has 1 heterocycles. The van der Waals surface area contributed by atoms with E-state index in [0.717, 1.165) is 10.1 Å². The molecule has 0 aliphatic carbocycles. The summed E-state index contributed by atoms with van der Waals surface area (Å²) >= 11 is 8.19. The third-order valence-corrected chi connectivity index (χ3v) is 3.90. The van der Waals surface area contributed by atoms with Gasteiger partial charge in [-0.3, -0.25) is 9.48 Å². The van der Waals surface area contributed by atoms with Crippen LogP contribution in [0.4, 0.5) is 0 Å². The highest BCUT2D eigenvalue weighted by atomic mass is 127. The minimum absolute atomic E-state index is 0.118. The van der Waals surface area contributed by atoms with Gasteiger partial charge in [0.25, 0.3) is 5.91 Å². The molecule has 1 aromatic heterocycles. The van der Waals surface area contributed by atoms with E-state index in [4.69, 9.17) is 11.6 Å². The Kier molecular flexibility index (Phi) is 4.81. The molecular weight excluding hydrogens is 377 g/mol. The molecule has 0 aliphatic rings. The largest absolute Gasteiger partial charge is 0.346 e. The molecular formula is C13H13ClIN3O. The van der Waals surface area contributed by atoms with Crippen LogP contribution in [0.15, 0.2) is 30.5 Å². The summed E-state index contributed by atoms with van der Waals surface area (Å²) < 4.78 is 2.67. The highest BCUT2D eigenvalue weighted by Crippen LogP contribution is 2.15. The van der Waals surface area contributed by atoms with Gasteiger partial charge >= 0.3 is 0 Å². The number of hydrogen-bond donors (Lipinski definition) is 1. The monoisotopic (exact) mass is 389 g/mol. The zero-order valence-electron chi connectivity index (χ0n) is 10.4. The van der Waals surface area contributed by atoms with Crippen LogP contribution < -0.4 is 5.32 Å². The van der Waals surface area contributed by atoms with Crippen LogP contribution in [0, 0.1) is 3.57 Å². The molecule has 0 unspecified atom stereocenters. The first-order valence-corrected chi connectivity index (χ1v) is 7.32. The maximum Gasteiger partial charge on any atom is 0.252 e. The van der Waals surface area contributed by atoms with E-state index < -0.39 is 0 Å². The minimum Gasteiger partial charge on any atom is -0.346 e. The number of rotatable bonds is 4. The summed E-state index contributed by atoms with van der Waals surface area (Å²) in [6.45, 7) is 3.07. The number of aromatic nitrogens is 2. The van der Waals surface area contributed by atoms with Crippen molar-refractivity contribution >= 4 is 40.1 Å². The molecule has 2 rings (SSSR count). The number of hydrogen-bond acceptors (Lipinski definition) is 2. The maximum atomic E-state index is 12.0. The average molecular weight is 390 g/mol. The van der Waals surface area contributed by atoms with Crippen molar-refractivity contribution in [3.8, 4) is 0 Å². The number of aryl methyl sites for hydroxylation is 1.